The molecule has 2 atom stereocenters. The topological polar surface area (TPSA) is 86.7 Å². The molecule has 4 nitrogen and oxygen atoms in total. The van der Waals surface area contributed by atoms with Crippen molar-refractivity contribution in [2.75, 3.05) is 0 Å². The molecule has 1 aromatic rings. The molecular weight excluding hydrogens is 189 g/mol. The van der Waals surface area contributed by atoms with E-state index in [9.17, 15) is 14.6 Å². The Morgan fingerprint density at radius 1 is 1.29 bits per heavy atom. The third kappa shape index (κ3) is 1.78. The lowest BCUT2D eigenvalue weighted by Crippen LogP contribution is -2.25. The first kappa shape index (κ1) is 10.7. The van der Waals surface area contributed by atoms with Gasteiger partial charge in [0, 0.05) is 6.04 Å². The van der Waals surface area contributed by atoms with E-state index in [1.165, 1.54) is 6.92 Å². The minimum absolute atomic E-state index is 0.375. The van der Waals surface area contributed by atoms with Gasteiger partial charge in [0.15, 0.2) is 11.6 Å². The van der Waals surface area contributed by atoms with Gasteiger partial charge in [0.25, 0.3) is 0 Å². The molecule has 0 aliphatic heterocycles. The monoisotopic (exact) mass is 201 g/mol. The third-order valence-electron chi connectivity index (χ3n) is 1.93. The van der Waals surface area contributed by atoms with Gasteiger partial charge in [-0.25, -0.2) is 4.39 Å². The molecule has 78 valence electrons. The average molecular weight is 201 g/mol. The van der Waals surface area contributed by atoms with Crippen LogP contribution in [0.1, 0.15) is 18.6 Å². The third-order valence-corrected chi connectivity index (χ3v) is 1.93. The van der Waals surface area contributed by atoms with Gasteiger partial charge in [-0.3, -0.25) is 0 Å². The number of aromatic hydroxyl groups is 2. The Balaban J connectivity index is 3.25. The number of aliphatic hydroxyl groups excluding tert-OH is 1. The number of hydrogen-bond acceptors (Lipinski definition) is 4. The van der Waals surface area contributed by atoms with Crippen LogP contribution in [0.2, 0.25) is 0 Å². The van der Waals surface area contributed by atoms with Gasteiger partial charge in [-0.05, 0) is 19.1 Å². The molecule has 0 bridgehead atoms. The molecule has 2 unspecified atom stereocenters. The van der Waals surface area contributed by atoms with Crippen molar-refractivity contribution in [3.63, 3.8) is 0 Å². The van der Waals surface area contributed by atoms with Gasteiger partial charge in [-0.2, -0.15) is 0 Å². The van der Waals surface area contributed by atoms with Crippen LogP contribution in [0.5, 0.6) is 11.5 Å². The van der Waals surface area contributed by atoms with E-state index in [0.717, 1.165) is 12.1 Å². The van der Waals surface area contributed by atoms with Gasteiger partial charge in [0.05, 0.1) is 5.56 Å². The Morgan fingerprint density at radius 3 is 2.29 bits per heavy atom. The summed E-state index contributed by atoms with van der Waals surface area (Å²) >= 11 is 0. The second-order valence-corrected chi connectivity index (χ2v) is 3.14. The minimum Gasteiger partial charge on any atom is -0.507 e. The molecule has 5 N–H and O–H groups in total. The predicted molar refractivity (Wildman–Crippen MR) is 48.3 cm³/mol. The Morgan fingerprint density at radius 2 is 1.79 bits per heavy atom. The molecule has 0 aliphatic rings. The molecule has 0 fully saturated rings. The highest BCUT2D eigenvalue weighted by Gasteiger charge is 2.22. The summed E-state index contributed by atoms with van der Waals surface area (Å²) < 4.78 is 13.2. The van der Waals surface area contributed by atoms with Crippen molar-refractivity contribution in [3.8, 4) is 11.5 Å². The summed E-state index contributed by atoms with van der Waals surface area (Å²) in [5.41, 5.74) is 4.97. The van der Waals surface area contributed by atoms with E-state index in [0.29, 0.717) is 0 Å². The fraction of sp³-hybridized carbons (Fsp3) is 0.333. The van der Waals surface area contributed by atoms with Crippen molar-refractivity contribution in [2.45, 2.75) is 19.1 Å². The summed E-state index contributed by atoms with van der Waals surface area (Å²) in [7, 11) is 0. The fourth-order valence-corrected chi connectivity index (χ4v) is 1.12. The highest BCUT2D eigenvalue weighted by Crippen LogP contribution is 2.33. The van der Waals surface area contributed by atoms with E-state index in [4.69, 9.17) is 10.8 Å². The van der Waals surface area contributed by atoms with Crippen LogP contribution in [0.25, 0.3) is 0 Å². The summed E-state index contributed by atoms with van der Waals surface area (Å²) in [6.45, 7) is 1.47. The quantitative estimate of drug-likeness (QED) is 0.528. The lowest BCUT2D eigenvalue weighted by atomic mass is 10.0. The Bertz CT molecular complexity index is 341. The van der Waals surface area contributed by atoms with Crippen LogP contribution in [0, 0.1) is 5.82 Å². The molecule has 0 heterocycles. The van der Waals surface area contributed by atoms with Crippen molar-refractivity contribution in [1.29, 1.82) is 0 Å². The van der Waals surface area contributed by atoms with Gasteiger partial charge in [0.2, 0.25) is 0 Å². The van der Waals surface area contributed by atoms with Crippen molar-refractivity contribution in [2.24, 2.45) is 5.73 Å². The van der Waals surface area contributed by atoms with Gasteiger partial charge < -0.3 is 21.1 Å². The van der Waals surface area contributed by atoms with Crippen molar-refractivity contribution in [1.82, 2.24) is 0 Å². The molecular formula is C9H12FNO3. The number of rotatable bonds is 2. The number of phenolic OH excluding ortho intramolecular Hbond substituents is 2. The zero-order valence-electron chi connectivity index (χ0n) is 7.61. The summed E-state index contributed by atoms with van der Waals surface area (Å²) in [4.78, 5) is 0. The maximum absolute atomic E-state index is 13.2. The van der Waals surface area contributed by atoms with Crippen LogP contribution < -0.4 is 5.73 Å². The Hall–Kier alpha value is -1.33. The van der Waals surface area contributed by atoms with Crippen LogP contribution in [-0.4, -0.2) is 21.4 Å². The molecule has 0 amide bonds. The molecule has 0 saturated heterocycles. The number of phenols is 2. The standard InChI is InChI=1S/C9H12FNO3/c1-4(11)9(14)7-5(12)2-3-6(13)8(7)10/h2-4,9,12-14H,11H2,1H3. The van der Waals surface area contributed by atoms with E-state index >= 15 is 0 Å². The van der Waals surface area contributed by atoms with Gasteiger partial charge in [-0.1, -0.05) is 0 Å². The highest BCUT2D eigenvalue weighted by atomic mass is 19.1. The van der Waals surface area contributed by atoms with Crippen LogP contribution in [0.3, 0.4) is 0 Å². The Labute approximate surface area is 80.4 Å². The molecule has 1 rings (SSSR count). The molecule has 0 spiro atoms. The van der Waals surface area contributed by atoms with Gasteiger partial charge in [-0.15, -0.1) is 0 Å². The number of aliphatic hydroxyl groups is 1. The summed E-state index contributed by atoms with van der Waals surface area (Å²) in [6, 6.07) is 1.36. The number of hydrogen-bond donors (Lipinski definition) is 4. The van der Waals surface area contributed by atoms with Crippen molar-refractivity contribution >= 4 is 0 Å². The van der Waals surface area contributed by atoms with Crippen molar-refractivity contribution < 1.29 is 19.7 Å². The minimum atomic E-state index is -1.35. The number of nitrogens with two attached hydrogens (primary N) is 1. The highest BCUT2D eigenvalue weighted by molar-refractivity contribution is 5.42. The zero-order valence-corrected chi connectivity index (χ0v) is 7.61. The number of benzene rings is 1. The van der Waals surface area contributed by atoms with Crippen LogP contribution in [0.15, 0.2) is 12.1 Å². The zero-order chi connectivity index (χ0) is 10.9. The smallest absolute Gasteiger partial charge is 0.174 e. The normalized spacial score (nSPS) is 15.1. The lowest BCUT2D eigenvalue weighted by molar-refractivity contribution is 0.144. The molecule has 1 aromatic carbocycles. The van der Waals surface area contributed by atoms with Crippen LogP contribution in [-0.2, 0) is 0 Å². The van der Waals surface area contributed by atoms with E-state index < -0.39 is 29.5 Å². The largest absolute Gasteiger partial charge is 0.507 e. The Kier molecular flexibility index (Phi) is 2.93. The first-order valence-electron chi connectivity index (χ1n) is 4.09. The number of halogens is 1. The second kappa shape index (κ2) is 3.81. The van der Waals surface area contributed by atoms with E-state index in [2.05, 4.69) is 0 Å². The van der Waals surface area contributed by atoms with Crippen molar-refractivity contribution in [3.05, 3.63) is 23.5 Å². The second-order valence-electron chi connectivity index (χ2n) is 3.14. The van der Waals surface area contributed by atoms with Crippen LogP contribution >= 0.6 is 0 Å². The molecule has 5 heteroatoms. The van der Waals surface area contributed by atoms with Gasteiger partial charge >= 0.3 is 0 Å². The fourth-order valence-electron chi connectivity index (χ4n) is 1.12. The average Bonchev–Trinajstić information content (AvgIpc) is 2.12. The van der Waals surface area contributed by atoms with E-state index in [1.807, 2.05) is 0 Å². The van der Waals surface area contributed by atoms with Crippen LogP contribution in [0.4, 0.5) is 4.39 Å². The predicted octanol–water partition coefficient (Wildman–Crippen LogP) is 0.617. The molecule has 0 aromatic heterocycles. The molecule has 14 heavy (non-hydrogen) atoms. The molecule has 0 saturated carbocycles. The van der Waals surface area contributed by atoms with E-state index in [-0.39, 0.29) is 5.56 Å². The summed E-state index contributed by atoms with van der Waals surface area (Å²) in [6.07, 6.45) is -1.35. The summed E-state index contributed by atoms with van der Waals surface area (Å²) in [5.74, 6) is -2.10. The molecule has 0 aliphatic carbocycles. The lowest BCUT2D eigenvalue weighted by Gasteiger charge is -2.17. The maximum Gasteiger partial charge on any atom is 0.174 e. The SMILES string of the molecule is CC(N)C(O)c1c(O)ccc(O)c1F. The van der Waals surface area contributed by atoms with Gasteiger partial charge in [0.1, 0.15) is 11.9 Å². The van der Waals surface area contributed by atoms with E-state index in [1.54, 1.807) is 0 Å². The molecule has 0 radical (unpaired) electrons. The first-order chi connectivity index (χ1) is 6.45. The first-order valence-corrected chi connectivity index (χ1v) is 4.09. The summed E-state index contributed by atoms with van der Waals surface area (Å²) in [5, 5.41) is 27.7. The maximum atomic E-state index is 13.2.